The lowest BCUT2D eigenvalue weighted by atomic mass is 10.1. The van der Waals surface area contributed by atoms with Gasteiger partial charge in [0, 0.05) is 24.0 Å². The van der Waals surface area contributed by atoms with Gasteiger partial charge in [-0.05, 0) is 45.9 Å². The monoisotopic (exact) mass is 292 g/mol. The first-order valence-electron chi connectivity index (χ1n) is 7.09. The Kier molecular flexibility index (Phi) is 6.02. The van der Waals surface area contributed by atoms with Crippen molar-refractivity contribution in [1.82, 2.24) is 10.6 Å². The van der Waals surface area contributed by atoms with Crippen molar-refractivity contribution in [3.63, 3.8) is 0 Å². The van der Waals surface area contributed by atoms with Crippen LogP contribution < -0.4 is 21.7 Å². The van der Waals surface area contributed by atoms with Gasteiger partial charge in [-0.3, -0.25) is 9.59 Å². The van der Waals surface area contributed by atoms with E-state index in [0.717, 1.165) is 0 Å². The molecule has 0 aliphatic rings. The second-order valence-corrected chi connectivity index (χ2v) is 5.19. The van der Waals surface area contributed by atoms with E-state index < -0.39 is 6.04 Å². The lowest BCUT2D eigenvalue weighted by molar-refractivity contribution is -0.122. The third-order valence-corrected chi connectivity index (χ3v) is 2.82. The summed E-state index contributed by atoms with van der Waals surface area (Å²) in [7, 11) is 0. The summed E-state index contributed by atoms with van der Waals surface area (Å²) in [5, 5.41) is 8.60. The highest BCUT2D eigenvalue weighted by Gasteiger charge is 2.17. The molecule has 0 aliphatic carbocycles. The Morgan fingerprint density at radius 2 is 1.90 bits per heavy atom. The molecule has 0 spiro atoms. The molecule has 0 aromatic heterocycles. The number of nitrogens with one attached hydrogen (secondary N) is 3. The van der Waals surface area contributed by atoms with E-state index in [0.29, 0.717) is 23.5 Å². The summed E-state index contributed by atoms with van der Waals surface area (Å²) in [6.45, 7) is 7.91. The molecule has 0 saturated heterocycles. The van der Waals surface area contributed by atoms with Gasteiger partial charge in [-0.2, -0.15) is 0 Å². The van der Waals surface area contributed by atoms with Gasteiger partial charge in [-0.25, -0.2) is 0 Å². The third kappa shape index (κ3) is 4.98. The van der Waals surface area contributed by atoms with Crippen LogP contribution in [0.2, 0.25) is 0 Å². The zero-order chi connectivity index (χ0) is 16.0. The van der Waals surface area contributed by atoms with Gasteiger partial charge in [-0.1, -0.05) is 0 Å². The number of benzene rings is 1. The van der Waals surface area contributed by atoms with Crippen molar-refractivity contribution in [1.29, 1.82) is 0 Å². The number of amides is 2. The average molecular weight is 292 g/mol. The number of carbonyl (C=O) groups excluding carboxylic acids is 2. The Balaban J connectivity index is 2.93. The van der Waals surface area contributed by atoms with Gasteiger partial charge < -0.3 is 21.7 Å². The Morgan fingerprint density at radius 1 is 1.24 bits per heavy atom. The van der Waals surface area contributed by atoms with Crippen molar-refractivity contribution in [3.05, 3.63) is 23.8 Å². The molecule has 6 heteroatoms. The minimum absolute atomic E-state index is 0.0606. The van der Waals surface area contributed by atoms with Crippen molar-refractivity contribution >= 4 is 23.2 Å². The smallest absolute Gasteiger partial charge is 0.253 e. The second kappa shape index (κ2) is 7.52. The van der Waals surface area contributed by atoms with Gasteiger partial charge in [0.25, 0.3) is 5.91 Å². The third-order valence-electron chi connectivity index (χ3n) is 2.82. The number of hydrogen-bond donors (Lipinski definition) is 4. The maximum atomic E-state index is 12.0. The highest BCUT2D eigenvalue weighted by Crippen LogP contribution is 2.20. The molecule has 1 aromatic rings. The van der Waals surface area contributed by atoms with Crippen LogP contribution in [0.25, 0.3) is 0 Å². The van der Waals surface area contributed by atoms with Crippen LogP contribution in [0.4, 0.5) is 11.4 Å². The molecule has 0 bridgehead atoms. The molecule has 0 fully saturated rings. The summed E-state index contributed by atoms with van der Waals surface area (Å²) < 4.78 is 0. The Bertz CT molecular complexity index is 514. The number of anilines is 2. The van der Waals surface area contributed by atoms with E-state index in [1.165, 1.54) is 0 Å². The lowest BCUT2D eigenvalue weighted by Gasteiger charge is -2.19. The van der Waals surface area contributed by atoms with Crippen molar-refractivity contribution in [3.8, 4) is 0 Å². The molecular weight excluding hydrogens is 268 g/mol. The van der Waals surface area contributed by atoms with Crippen LogP contribution in [0.15, 0.2) is 18.2 Å². The SMILES string of the molecule is CCNC(=O)c1ccc(N)cc1NC(C)C(=O)NC(C)C. The van der Waals surface area contributed by atoms with Crippen LogP contribution in [-0.4, -0.2) is 30.4 Å². The minimum Gasteiger partial charge on any atom is -0.399 e. The number of nitrogens with two attached hydrogens (primary N) is 1. The summed E-state index contributed by atoms with van der Waals surface area (Å²) in [6.07, 6.45) is 0. The first-order valence-corrected chi connectivity index (χ1v) is 7.09. The van der Waals surface area contributed by atoms with Crippen molar-refractivity contribution in [2.75, 3.05) is 17.6 Å². The number of hydrogen-bond acceptors (Lipinski definition) is 4. The molecule has 0 heterocycles. The molecule has 1 aromatic carbocycles. The molecule has 6 nitrogen and oxygen atoms in total. The first-order chi connectivity index (χ1) is 9.85. The average Bonchev–Trinajstić information content (AvgIpc) is 2.38. The Labute approximate surface area is 125 Å². The summed E-state index contributed by atoms with van der Waals surface area (Å²) in [4.78, 5) is 24.0. The fourth-order valence-corrected chi connectivity index (χ4v) is 1.84. The maximum Gasteiger partial charge on any atom is 0.253 e. The highest BCUT2D eigenvalue weighted by atomic mass is 16.2. The van der Waals surface area contributed by atoms with Crippen molar-refractivity contribution < 1.29 is 9.59 Å². The molecule has 2 amide bonds. The number of nitrogen functional groups attached to an aromatic ring is 1. The van der Waals surface area contributed by atoms with Crippen LogP contribution in [0.1, 0.15) is 38.1 Å². The zero-order valence-corrected chi connectivity index (χ0v) is 13.0. The topological polar surface area (TPSA) is 96.2 Å². The van der Waals surface area contributed by atoms with Gasteiger partial charge in [0.05, 0.1) is 5.56 Å². The minimum atomic E-state index is -0.470. The summed E-state index contributed by atoms with van der Waals surface area (Å²) in [6, 6.07) is 4.56. The molecule has 5 N–H and O–H groups in total. The zero-order valence-electron chi connectivity index (χ0n) is 13.0. The van der Waals surface area contributed by atoms with E-state index in [1.54, 1.807) is 25.1 Å². The van der Waals surface area contributed by atoms with E-state index in [2.05, 4.69) is 16.0 Å². The van der Waals surface area contributed by atoms with Crippen LogP contribution in [0, 0.1) is 0 Å². The Hall–Kier alpha value is -2.24. The Morgan fingerprint density at radius 3 is 2.48 bits per heavy atom. The van der Waals surface area contributed by atoms with Gasteiger partial charge in [0.15, 0.2) is 0 Å². The van der Waals surface area contributed by atoms with E-state index in [1.807, 2.05) is 20.8 Å². The molecule has 21 heavy (non-hydrogen) atoms. The highest BCUT2D eigenvalue weighted by molar-refractivity contribution is 6.01. The first kappa shape index (κ1) is 16.8. The largest absolute Gasteiger partial charge is 0.399 e. The van der Waals surface area contributed by atoms with Gasteiger partial charge in [0.2, 0.25) is 5.91 Å². The van der Waals surface area contributed by atoms with Crippen LogP contribution in [0.3, 0.4) is 0 Å². The lowest BCUT2D eigenvalue weighted by Crippen LogP contribution is -2.41. The number of rotatable bonds is 6. The van der Waals surface area contributed by atoms with E-state index in [-0.39, 0.29) is 17.9 Å². The second-order valence-electron chi connectivity index (χ2n) is 5.19. The summed E-state index contributed by atoms with van der Waals surface area (Å²) in [5.74, 6) is -0.328. The molecule has 0 radical (unpaired) electrons. The van der Waals surface area contributed by atoms with Gasteiger partial charge >= 0.3 is 0 Å². The predicted octanol–water partition coefficient (Wildman–Crippen LogP) is 1.34. The molecule has 1 atom stereocenters. The van der Waals surface area contributed by atoms with Crippen LogP contribution >= 0.6 is 0 Å². The van der Waals surface area contributed by atoms with Crippen molar-refractivity contribution in [2.45, 2.75) is 39.8 Å². The normalized spacial score (nSPS) is 11.9. The van der Waals surface area contributed by atoms with Crippen LogP contribution in [-0.2, 0) is 4.79 Å². The quantitative estimate of drug-likeness (QED) is 0.595. The number of carbonyl (C=O) groups is 2. The molecule has 1 unspecified atom stereocenters. The van der Waals surface area contributed by atoms with Gasteiger partial charge in [0.1, 0.15) is 6.04 Å². The fraction of sp³-hybridized carbons (Fsp3) is 0.467. The standard InChI is InChI=1S/C15H24N4O2/c1-5-17-15(21)12-7-6-11(16)8-13(12)19-10(4)14(20)18-9(2)3/h6-10,19H,5,16H2,1-4H3,(H,17,21)(H,18,20). The van der Waals surface area contributed by atoms with Crippen LogP contribution in [0.5, 0.6) is 0 Å². The molecular formula is C15H24N4O2. The van der Waals surface area contributed by atoms with Gasteiger partial charge in [-0.15, -0.1) is 0 Å². The maximum absolute atomic E-state index is 12.0. The van der Waals surface area contributed by atoms with Crippen molar-refractivity contribution in [2.24, 2.45) is 0 Å². The van der Waals surface area contributed by atoms with E-state index in [4.69, 9.17) is 5.73 Å². The summed E-state index contributed by atoms with van der Waals surface area (Å²) >= 11 is 0. The fourth-order valence-electron chi connectivity index (χ4n) is 1.84. The predicted molar refractivity (Wildman–Crippen MR) is 85.2 cm³/mol. The van der Waals surface area contributed by atoms with E-state index in [9.17, 15) is 9.59 Å². The molecule has 0 saturated carbocycles. The van der Waals surface area contributed by atoms with E-state index >= 15 is 0 Å². The summed E-state index contributed by atoms with van der Waals surface area (Å²) in [5.41, 5.74) is 7.31. The molecule has 116 valence electrons. The molecule has 0 aliphatic heterocycles. The molecule has 1 rings (SSSR count).